The summed E-state index contributed by atoms with van der Waals surface area (Å²) < 4.78 is 5.13. The van der Waals surface area contributed by atoms with E-state index in [9.17, 15) is 9.59 Å². The molecule has 2 saturated heterocycles. The summed E-state index contributed by atoms with van der Waals surface area (Å²) in [4.78, 5) is 23.2. The van der Waals surface area contributed by atoms with Crippen LogP contribution < -0.4 is 10.1 Å². The van der Waals surface area contributed by atoms with Crippen molar-refractivity contribution < 1.29 is 14.3 Å². The van der Waals surface area contributed by atoms with E-state index in [-0.39, 0.29) is 17.2 Å². The molecule has 1 aromatic rings. The molecule has 6 nitrogen and oxygen atoms in total. The zero-order chi connectivity index (χ0) is 14.8. The Morgan fingerprint density at radius 2 is 2.05 bits per heavy atom. The minimum absolute atomic E-state index is 0.0601. The molecule has 8 heteroatoms. The standard InChI is InChI=1S/C13H13N3O3S2/c1-19-9-4-2-8(3-5-9)12-16(11(18)7-20-12)15-13-14-10(17)6-21-13/h2-5,12H,6-7H2,1H3,(H,14,15,17). The molecule has 0 radical (unpaired) electrons. The summed E-state index contributed by atoms with van der Waals surface area (Å²) in [5.74, 6) is 1.35. The van der Waals surface area contributed by atoms with Gasteiger partial charge in [0.2, 0.25) is 5.91 Å². The predicted molar refractivity (Wildman–Crippen MR) is 83.1 cm³/mol. The smallest absolute Gasteiger partial charge is 0.254 e. The molecule has 1 aromatic carbocycles. The summed E-state index contributed by atoms with van der Waals surface area (Å²) >= 11 is 2.82. The van der Waals surface area contributed by atoms with E-state index in [1.165, 1.54) is 28.5 Å². The van der Waals surface area contributed by atoms with E-state index in [2.05, 4.69) is 10.4 Å². The molecule has 110 valence electrons. The molecule has 2 amide bonds. The summed E-state index contributed by atoms with van der Waals surface area (Å²) in [6.45, 7) is 0. The van der Waals surface area contributed by atoms with Gasteiger partial charge >= 0.3 is 0 Å². The van der Waals surface area contributed by atoms with Gasteiger partial charge < -0.3 is 10.1 Å². The van der Waals surface area contributed by atoms with Gasteiger partial charge in [-0.25, -0.2) is 5.01 Å². The van der Waals surface area contributed by atoms with E-state index < -0.39 is 0 Å². The van der Waals surface area contributed by atoms with Crippen molar-refractivity contribution in [1.82, 2.24) is 10.3 Å². The Kier molecular flexibility index (Phi) is 4.07. The number of rotatable bonds is 3. The lowest BCUT2D eigenvalue weighted by molar-refractivity contribution is -0.128. The summed E-state index contributed by atoms with van der Waals surface area (Å²) in [6.07, 6.45) is 0. The maximum absolute atomic E-state index is 12.0. The highest BCUT2D eigenvalue weighted by atomic mass is 32.2. The van der Waals surface area contributed by atoms with Crippen molar-refractivity contribution in [2.45, 2.75) is 5.37 Å². The number of hydrogen-bond acceptors (Lipinski definition) is 6. The van der Waals surface area contributed by atoms with Crippen molar-refractivity contribution in [1.29, 1.82) is 0 Å². The number of nitrogens with zero attached hydrogens (tertiary/aromatic N) is 2. The van der Waals surface area contributed by atoms with Crippen LogP contribution in [0.2, 0.25) is 0 Å². The van der Waals surface area contributed by atoms with Gasteiger partial charge in [0, 0.05) is 0 Å². The Labute approximate surface area is 130 Å². The Hall–Kier alpha value is -1.67. The third kappa shape index (κ3) is 3.01. The van der Waals surface area contributed by atoms with Gasteiger partial charge in [-0.2, -0.15) is 0 Å². The normalized spacial score (nSPS) is 23.8. The first-order valence-electron chi connectivity index (χ1n) is 6.26. The van der Waals surface area contributed by atoms with Crippen LogP contribution in [0.5, 0.6) is 5.75 Å². The molecule has 2 aliphatic rings. The first-order valence-corrected chi connectivity index (χ1v) is 8.29. The number of thioether (sulfide) groups is 2. The highest BCUT2D eigenvalue weighted by Crippen LogP contribution is 2.39. The van der Waals surface area contributed by atoms with Crippen LogP contribution in [0.25, 0.3) is 0 Å². The topological polar surface area (TPSA) is 71.0 Å². The maximum Gasteiger partial charge on any atom is 0.254 e. The highest BCUT2D eigenvalue weighted by molar-refractivity contribution is 8.15. The second-order valence-corrected chi connectivity index (χ2v) is 6.45. The molecular formula is C13H13N3O3S2. The van der Waals surface area contributed by atoms with Crippen molar-refractivity contribution in [3.05, 3.63) is 29.8 Å². The third-order valence-electron chi connectivity index (χ3n) is 3.03. The molecule has 2 aliphatic heterocycles. The van der Waals surface area contributed by atoms with Crippen LogP contribution in [0.4, 0.5) is 0 Å². The summed E-state index contributed by atoms with van der Waals surface area (Å²) in [5.41, 5.74) is 0.977. The van der Waals surface area contributed by atoms with E-state index >= 15 is 0 Å². The van der Waals surface area contributed by atoms with Gasteiger partial charge in [0.15, 0.2) is 5.17 Å². The van der Waals surface area contributed by atoms with Gasteiger partial charge in [-0.1, -0.05) is 23.9 Å². The zero-order valence-electron chi connectivity index (χ0n) is 11.2. The van der Waals surface area contributed by atoms with Crippen LogP contribution in [-0.2, 0) is 9.59 Å². The monoisotopic (exact) mass is 323 g/mol. The first-order chi connectivity index (χ1) is 10.2. The molecule has 0 saturated carbocycles. The minimum Gasteiger partial charge on any atom is -0.497 e. The van der Waals surface area contributed by atoms with Gasteiger partial charge in [-0.05, 0) is 17.7 Å². The fraction of sp³-hybridized carbons (Fsp3) is 0.308. The van der Waals surface area contributed by atoms with Crippen LogP contribution in [0.1, 0.15) is 10.9 Å². The Balaban J connectivity index is 1.83. The number of hydrazone groups is 1. The van der Waals surface area contributed by atoms with Crippen LogP contribution in [0.3, 0.4) is 0 Å². The first kappa shape index (κ1) is 14.3. The number of ether oxygens (including phenoxy) is 1. The summed E-state index contributed by atoms with van der Waals surface area (Å²) in [7, 11) is 1.61. The van der Waals surface area contributed by atoms with Crippen LogP contribution >= 0.6 is 23.5 Å². The molecular weight excluding hydrogens is 310 g/mol. The van der Waals surface area contributed by atoms with E-state index in [0.29, 0.717) is 16.7 Å². The lowest BCUT2D eigenvalue weighted by atomic mass is 10.2. The number of carbonyl (C=O) groups is 2. The maximum atomic E-state index is 12.0. The van der Waals surface area contributed by atoms with E-state index in [4.69, 9.17) is 4.74 Å². The molecule has 21 heavy (non-hydrogen) atoms. The quantitative estimate of drug-likeness (QED) is 0.910. The molecule has 2 fully saturated rings. The van der Waals surface area contributed by atoms with Crippen LogP contribution in [0, 0.1) is 0 Å². The van der Waals surface area contributed by atoms with E-state index in [0.717, 1.165) is 11.3 Å². The fourth-order valence-corrected chi connectivity index (χ4v) is 3.77. The third-order valence-corrected chi connectivity index (χ3v) is 5.09. The average molecular weight is 323 g/mol. The number of amidine groups is 1. The molecule has 0 aliphatic carbocycles. The molecule has 3 rings (SSSR count). The van der Waals surface area contributed by atoms with Gasteiger partial charge in [0.05, 0.1) is 18.6 Å². The molecule has 1 N–H and O–H groups in total. The molecule has 0 spiro atoms. The van der Waals surface area contributed by atoms with Gasteiger partial charge in [0.25, 0.3) is 5.91 Å². The Morgan fingerprint density at radius 3 is 2.67 bits per heavy atom. The number of carbonyl (C=O) groups excluding carboxylic acids is 2. The Bertz CT molecular complexity index is 603. The van der Waals surface area contributed by atoms with E-state index in [1.54, 1.807) is 7.11 Å². The van der Waals surface area contributed by atoms with E-state index in [1.807, 2.05) is 24.3 Å². The SMILES string of the molecule is COc1ccc(C2SCC(=O)N2/N=C2/NC(=O)CS2)cc1. The highest BCUT2D eigenvalue weighted by Gasteiger charge is 2.34. The van der Waals surface area contributed by atoms with Crippen molar-refractivity contribution in [3.63, 3.8) is 0 Å². The van der Waals surface area contributed by atoms with Crippen LogP contribution in [0.15, 0.2) is 29.4 Å². The van der Waals surface area contributed by atoms with Crippen molar-refractivity contribution >= 4 is 40.5 Å². The fourth-order valence-electron chi connectivity index (χ4n) is 2.01. The number of nitrogens with one attached hydrogen (secondary N) is 1. The van der Waals surface area contributed by atoms with Gasteiger partial charge in [0.1, 0.15) is 11.1 Å². The van der Waals surface area contributed by atoms with Crippen LogP contribution in [-0.4, -0.2) is 40.6 Å². The zero-order valence-corrected chi connectivity index (χ0v) is 12.9. The summed E-state index contributed by atoms with van der Waals surface area (Å²) in [6, 6.07) is 7.55. The molecule has 1 atom stereocenters. The van der Waals surface area contributed by atoms with Crippen molar-refractivity contribution in [3.8, 4) is 5.75 Å². The summed E-state index contributed by atoms with van der Waals surface area (Å²) in [5, 5.41) is 8.68. The number of methoxy groups -OCH3 is 1. The Morgan fingerprint density at radius 1 is 1.29 bits per heavy atom. The lowest BCUT2D eigenvalue weighted by Crippen LogP contribution is -2.28. The number of amides is 2. The lowest BCUT2D eigenvalue weighted by Gasteiger charge is -2.19. The van der Waals surface area contributed by atoms with Crippen molar-refractivity contribution in [2.75, 3.05) is 18.6 Å². The molecule has 0 bridgehead atoms. The molecule has 2 heterocycles. The molecule has 1 unspecified atom stereocenters. The van der Waals surface area contributed by atoms with Gasteiger partial charge in [-0.3, -0.25) is 9.59 Å². The van der Waals surface area contributed by atoms with Crippen molar-refractivity contribution in [2.24, 2.45) is 5.10 Å². The number of benzene rings is 1. The second kappa shape index (κ2) is 5.98. The van der Waals surface area contributed by atoms with Gasteiger partial charge in [-0.15, -0.1) is 16.9 Å². The second-order valence-electron chi connectivity index (χ2n) is 4.42. The largest absolute Gasteiger partial charge is 0.497 e. The minimum atomic E-state index is -0.172. The predicted octanol–water partition coefficient (Wildman–Crippen LogP) is 1.40. The number of hydrogen-bond donors (Lipinski definition) is 1. The average Bonchev–Trinajstić information content (AvgIpc) is 3.07. The molecule has 0 aromatic heterocycles.